The zero-order chi connectivity index (χ0) is 17.5. The molecule has 0 heterocycles. The Morgan fingerprint density at radius 1 is 1.04 bits per heavy atom. The molecule has 0 fully saturated rings. The molecule has 0 unspecified atom stereocenters. The smallest absolute Gasteiger partial charge is 0.115 e. The van der Waals surface area contributed by atoms with Crippen molar-refractivity contribution in [3.63, 3.8) is 0 Å². The monoisotopic (exact) mass is 344 g/mol. The van der Waals surface area contributed by atoms with Gasteiger partial charge in [-0.05, 0) is 54.2 Å². The van der Waals surface area contributed by atoms with Crippen LogP contribution in [0.25, 0.3) is 0 Å². The minimum absolute atomic E-state index is 0.322. The van der Waals surface area contributed by atoms with Crippen LogP contribution in [0.5, 0.6) is 5.75 Å². The first kappa shape index (κ1) is 20.6. The Bertz CT molecular complexity index is 514. The predicted octanol–water partition coefficient (Wildman–Crippen LogP) is 7.26. The number of aromatic hydroxyl groups is 1. The first-order valence-electron chi connectivity index (χ1n) is 9.12. The second-order valence-corrected chi connectivity index (χ2v) is 7.08. The highest BCUT2D eigenvalue weighted by molar-refractivity contribution is 8.02. The molecule has 1 nitrogen and oxygen atoms in total. The first-order chi connectivity index (χ1) is 11.7. The standard InChI is InChI=1S/C16H26S.C6H6O/c1-3-4-5-6-7-10-13-17-14-16-12-9-8-11-15(16)2;7-6-4-2-1-3-5-6/h8-9,11,14H,3-7,10,12-13H2,1-2H3;1-5,7H. The topological polar surface area (TPSA) is 20.2 Å². The molecule has 0 bridgehead atoms. The summed E-state index contributed by atoms with van der Waals surface area (Å²) in [6, 6.07) is 8.71. The van der Waals surface area contributed by atoms with E-state index in [-0.39, 0.29) is 0 Å². The molecule has 1 N–H and O–H groups in total. The quantitative estimate of drug-likeness (QED) is 0.501. The summed E-state index contributed by atoms with van der Waals surface area (Å²) in [7, 11) is 0. The highest BCUT2D eigenvalue weighted by atomic mass is 32.2. The fourth-order valence-electron chi connectivity index (χ4n) is 2.37. The number of hydrogen-bond acceptors (Lipinski definition) is 2. The van der Waals surface area contributed by atoms with Crippen molar-refractivity contribution in [2.75, 3.05) is 5.75 Å². The fourth-order valence-corrected chi connectivity index (χ4v) is 3.34. The summed E-state index contributed by atoms with van der Waals surface area (Å²) in [6.45, 7) is 4.48. The van der Waals surface area contributed by atoms with E-state index in [1.54, 1.807) is 24.3 Å². The van der Waals surface area contributed by atoms with Gasteiger partial charge in [0.05, 0.1) is 0 Å². The van der Waals surface area contributed by atoms with Crippen LogP contribution >= 0.6 is 11.8 Å². The summed E-state index contributed by atoms with van der Waals surface area (Å²) < 4.78 is 0. The van der Waals surface area contributed by atoms with Crippen LogP contribution in [0.1, 0.15) is 58.8 Å². The van der Waals surface area contributed by atoms with Crippen LogP contribution in [-0.2, 0) is 0 Å². The van der Waals surface area contributed by atoms with Crippen LogP contribution in [0.2, 0.25) is 0 Å². The number of hydrogen-bond donors (Lipinski definition) is 1. The lowest BCUT2D eigenvalue weighted by molar-refractivity contribution is 0.475. The Kier molecular flexibility index (Phi) is 12.0. The zero-order valence-electron chi connectivity index (χ0n) is 15.2. The predicted molar refractivity (Wildman–Crippen MR) is 110 cm³/mol. The third-order valence-electron chi connectivity index (χ3n) is 3.92. The van der Waals surface area contributed by atoms with E-state index in [9.17, 15) is 0 Å². The van der Waals surface area contributed by atoms with Crippen molar-refractivity contribution in [3.8, 4) is 5.75 Å². The van der Waals surface area contributed by atoms with Gasteiger partial charge in [0, 0.05) is 0 Å². The van der Waals surface area contributed by atoms with Crippen molar-refractivity contribution < 1.29 is 5.11 Å². The molecule has 1 aromatic carbocycles. The average molecular weight is 345 g/mol. The van der Waals surface area contributed by atoms with Gasteiger partial charge in [0.15, 0.2) is 0 Å². The highest BCUT2D eigenvalue weighted by Gasteiger charge is 2.00. The zero-order valence-corrected chi connectivity index (χ0v) is 16.0. The van der Waals surface area contributed by atoms with Gasteiger partial charge in [-0.15, -0.1) is 11.8 Å². The average Bonchev–Trinajstić information content (AvgIpc) is 2.60. The number of para-hydroxylation sites is 1. The Morgan fingerprint density at radius 3 is 2.38 bits per heavy atom. The number of benzene rings is 1. The lowest BCUT2D eigenvalue weighted by Crippen LogP contribution is -1.88. The maximum Gasteiger partial charge on any atom is 0.115 e. The molecule has 1 aromatic rings. The maximum atomic E-state index is 8.63. The van der Waals surface area contributed by atoms with Gasteiger partial charge in [-0.25, -0.2) is 0 Å². The van der Waals surface area contributed by atoms with Gasteiger partial charge in [0.2, 0.25) is 0 Å². The van der Waals surface area contributed by atoms with E-state index < -0.39 is 0 Å². The van der Waals surface area contributed by atoms with E-state index in [0.717, 1.165) is 6.42 Å². The highest BCUT2D eigenvalue weighted by Crippen LogP contribution is 2.22. The van der Waals surface area contributed by atoms with Crippen molar-refractivity contribution >= 4 is 11.8 Å². The third-order valence-corrected chi connectivity index (χ3v) is 4.90. The van der Waals surface area contributed by atoms with E-state index >= 15 is 0 Å². The van der Waals surface area contributed by atoms with E-state index in [1.165, 1.54) is 55.4 Å². The summed E-state index contributed by atoms with van der Waals surface area (Å²) in [5.41, 5.74) is 2.94. The van der Waals surface area contributed by atoms with Crippen molar-refractivity contribution in [1.29, 1.82) is 0 Å². The van der Waals surface area contributed by atoms with E-state index in [4.69, 9.17) is 5.11 Å². The van der Waals surface area contributed by atoms with Gasteiger partial charge < -0.3 is 5.11 Å². The first-order valence-corrected chi connectivity index (χ1v) is 10.2. The summed E-state index contributed by atoms with van der Waals surface area (Å²) in [5, 5.41) is 11.0. The van der Waals surface area contributed by atoms with Crippen LogP contribution in [0, 0.1) is 0 Å². The molecule has 0 aliphatic heterocycles. The number of unbranched alkanes of at least 4 members (excludes halogenated alkanes) is 5. The maximum absolute atomic E-state index is 8.63. The molecule has 0 amide bonds. The molecule has 24 heavy (non-hydrogen) atoms. The van der Waals surface area contributed by atoms with Gasteiger partial charge in [-0.3, -0.25) is 0 Å². The fraction of sp³-hybridized carbons (Fsp3) is 0.455. The van der Waals surface area contributed by atoms with Crippen molar-refractivity contribution in [2.45, 2.75) is 58.8 Å². The molecule has 132 valence electrons. The van der Waals surface area contributed by atoms with Gasteiger partial charge in [0.25, 0.3) is 0 Å². The molecule has 1 aliphatic carbocycles. The molecule has 2 rings (SSSR count). The van der Waals surface area contributed by atoms with Crippen LogP contribution < -0.4 is 0 Å². The Morgan fingerprint density at radius 2 is 1.75 bits per heavy atom. The van der Waals surface area contributed by atoms with Gasteiger partial charge in [-0.2, -0.15) is 0 Å². The molecule has 1 aliphatic rings. The van der Waals surface area contributed by atoms with Crippen molar-refractivity contribution in [1.82, 2.24) is 0 Å². The largest absolute Gasteiger partial charge is 0.508 e. The normalized spacial score (nSPS) is 14.9. The molecule has 0 saturated heterocycles. The number of allylic oxidation sites excluding steroid dienone is 5. The van der Waals surface area contributed by atoms with Crippen molar-refractivity contribution in [3.05, 3.63) is 65.1 Å². The Hall–Kier alpha value is -1.41. The Labute approximate surface area is 152 Å². The molecule has 0 atom stereocenters. The SMILES string of the molecule is CCCCCCCCSC=C1CC=CC=C1C.Oc1ccccc1. The lowest BCUT2D eigenvalue weighted by Gasteiger charge is -2.08. The summed E-state index contributed by atoms with van der Waals surface area (Å²) >= 11 is 1.99. The second kappa shape index (κ2) is 14.0. The van der Waals surface area contributed by atoms with E-state index in [1.807, 2.05) is 17.8 Å². The number of rotatable bonds is 8. The number of phenols is 1. The van der Waals surface area contributed by atoms with Crippen LogP contribution in [0.3, 0.4) is 0 Å². The number of phenolic OH excluding ortho intramolecular Hbond substituents is 1. The molecule has 0 spiro atoms. The van der Waals surface area contributed by atoms with Crippen LogP contribution in [-0.4, -0.2) is 10.9 Å². The van der Waals surface area contributed by atoms with Crippen LogP contribution in [0.15, 0.2) is 65.1 Å². The minimum Gasteiger partial charge on any atom is -0.508 e. The molecule has 0 saturated carbocycles. The third kappa shape index (κ3) is 10.4. The minimum atomic E-state index is 0.322. The van der Waals surface area contributed by atoms with Gasteiger partial charge >= 0.3 is 0 Å². The van der Waals surface area contributed by atoms with Gasteiger partial charge in [-0.1, -0.05) is 75.5 Å². The molecule has 2 heteroatoms. The number of thioether (sulfide) groups is 1. The summed E-state index contributed by atoms with van der Waals surface area (Å²) in [6.07, 6.45) is 16.1. The van der Waals surface area contributed by atoms with Crippen molar-refractivity contribution in [2.24, 2.45) is 0 Å². The Balaban J connectivity index is 0.000000341. The lowest BCUT2D eigenvalue weighted by atomic mass is 10.0. The van der Waals surface area contributed by atoms with E-state index in [2.05, 4.69) is 37.5 Å². The second-order valence-electron chi connectivity index (χ2n) is 6.10. The van der Waals surface area contributed by atoms with Gasteiger partial charge in [0.1, 0.15) is 5.75 Å². The summed E-state index contributed by atoms with van der Waals surface area (Å²) in [4.78, 5) is 0. The van der Waals surface area contributed by atoms with Crippen LogP contribution in [0.4, 0.5) is 0 Å². The summed E-state index contributed by atoms with van der Waals surface area (Å²) in [5.74, 6) is 1.61. The molecular weight excluding hydrogens is 312 g/mol. The molecule has 0 aromatic heterocycles. The van der Waals surface area contributed by atoms with E-state index in [0.29, 0.717) is 5.75 Å². The molecule has 0 radical (unpaired) electrons. The molecular formula is C22H32OS.